The van der Waals surface area contributed by atoms with Crippen molar-refractivity contribution in [2.24, 2.45) is 16.9 Å². The maximum Gasteiger partial charge on any atom is 0.269 e. The number of hydrogen-bond donors (Lipinski definition) is 1. The smallest absolute Gasteiger partial charge is 0.269 e. The number of nitrogens with one attached hydrogen (secondary N) is 1. The minimum absolute atomic E-state index is 0.0526. The number of hydrazone groups is 1. The lowest BCUT2D eigenvalue weighted by Crippen LogP contribution is -2.54. The van der Waals surface area contributed by atoms with Crippen molar-refractivity contribution < 1.29 is 19.3 Å². The van der Waals surface area contributed by atoms with Crippen LogP contribution in [0.4, 0.5) is 11.4 Å². The van der Waals surface area contributed by atoms with E-state index in [9.17, 15) is 24.5 Å². The van der Waals surface area contributed by atoms with Crippen LogP contribution >= 0.6 is 11.6 Å². The monoisotopic (exact) mass is 604 g/mol. The van der Waals surface area contributed by atoms with Gasteiger partial charge in [-0.2, -0.15) is 5.10 Å². The number of benzene rings is 4. The molecule has 1 heterocycles. The molecule has 1 N–H and O–H groups in total. The van der Waals surface area contributed by atoms with Gasteiger partial charge < -0.3 is 0 Å². The SMILES string of the molecule is Cc1ccc(N2C(=O)[C@@H]3C4c5ccccc5C(/C=N\NC(=O)Cc5ccc([N+](=O)[O-])cc5)(c5ccccc54)[C@@H]3C2=O)cc1Cl. The standard InChI is InChI=1S/C34H25ClN4O5/c1-19-10-13-22(17-27(19)35)38-32(41)30-29-23-6-2-4-8-25(23)34(31(30)33(38)42,26-9-5-3-7-24(26)29)18-36-37-28(40)16-20-11-14-21(15-12-20)39(43)44/h2-15,17-18,29-31H,16H2,1H3,(H,37,40)/b36-18-/t29?,30-,31+,34?/m1/s1. The van der Waals surface area contributed by atoms with E-state index < -0.39 is 28.1 Å². The molecule has 8 rings (SSSR count). The van der Waals surface area contributed by atoms with Gasteiger partial charge in [0.05, 0.1) is 34.3 Å². The highest BCUT2D eigenvalue weighted by Crippen LogP contribution is 2.63. The molecule has 0 spiro atoms. The summed E-state index contributed by atoms with van der Waals surface area (Å²) in [7, 11) is 0. The molecule has 4 aliphatic rings. The van der Waals surface area contributed by atoms with E-state index in [1.54, 1.807) is 24.4 Å². The third-order valence-corrected chi connectivity index (χ3v) is 9.47. The molecule has 4 aromatic carbocycles. The Hall–Kier alpha value is -5.15. The Kier molecular flexibility index (Phi) is 6.44. The summed E-state index contributed by atoms with van der Waals surface area (Å²) in [5.74, 6) is -2.90. The molecule has 3 amide bonds. The Labute approximate surface area is 257 Å². The Morgan fingerprint density at radius 1 is 0.977 bits per heavy atom. The first-order valence-corrected chi connectivity index (χ1v) is 14.5. The number of imide groups is 1. The molecule has 2 bridgehead atoms. The van der Waals surface area contributed by atoms with Gasteiger partial charge in [0.2, 0.25) is 17.7 Å². The molecule has 3 aliphatic carbocycles. The number of nitrogens with zero attached hydrogens (tertiary/aromatic N) is 3. The summed E-state index contributed by atoms with van der Waals surface area (Å²) in [6.45, 7) is 1.86. The highest BCUT2D eigenvalue weighted by atomic mass is 35.5. The van der Waals surface area contributed by atoms with Crippen molar-refractivity contribution in [3.05, 3.63) is 140 Å². The summed E-state index contributed by atoms with van der Waals surface area (Å²) in [5, 5.41) is 15.8. The zero-order chi connectivity index (χ0) is 30.7. The molecule has 44 heavy (non-hydrogen) atoms. The van der Waals surface area contributed by atoms with E-state index in [2.05, 4.69) is 10.5 Å². The lowest BCUT2D eigenvalue weighted by Gasteiger charge is -2.52. The molecule has 1 fully saturated rings. The van der Waals surface area contributed by atoms with E-state index in [1.165, 1.54) is 29.2 Å². The third-order valence-electron chi connectivity index (χ3n) is 9.07. The van der Waals surface area contributed by atoms with Gasteiger partial charge in [-0.1, -0.05) is 78.3 Å². The highest BCUT2D eigenvalue weighted by molar-refractivity contribution is 6.32. The molecule has 1 saturated heterocycles. The number of carbonyl (C=O) groups is 3. The van der Waals surface area contributed by atoms with E-state index in [-0.39, 0.29) is 29.8 Å². The Morgan fingerprint density at radius 3 is 2.23 bits per heavy atom. The quantitative estimate of drug-likeness (QED) is 0.136. The second kappa shape index (κ2) is 10.2. The third kappa shape index (κ3) is 4.00. The minimum Gasteiger partial charge on any atom is -0.274 e. The van der Waals surface area contributed by atoms with Crippen LogP contribution in [0.15, 0.2) is 96.1 Å². The van der Waals surface area contributed by atoms with E-state index in [0.717, 1.165) is 27.8 Å². The van der Waals surface area contributed by atoms with Crippen LogP contribution < -0.4 is 10.3 Å². The van der Waals surface area contributed by atoms with Crippen molar-refractivity contribution >= 4 is 46.9 Å². The zero-order valence-electron chi connectivity index (χ0n) is 23.4. The number of hydrogen-bond acceptors (Lipinski definition) is 6. The molecule has 1 aliphatic heterocycles. The van der Waals surface area contributed by atoms with Crippen molar-refractivity contribution in [2.75, 3.05) is 4.90 Å². The molecule has 10 heteroatoms. The first kappa shape index (κ1) is 27.7. The average molecular weight is 605 g/mol. The maximum atomic E-state index is 14.4. The van der Waals surface area contributed by atoms with E-state index in [0.29, 0.717) is 16.3 Å². The van der Waals surface area contributed by atoms with Crippen LogP contribution in [-0.4, -0.2) is 28.9 Å². The fourth-order valence-corrected chi connectivity index (χ4v) is 7.37. The normalized spacial score (nSPS) is 23.0. The van der Waals surface area contributed by atoms with Crippen LogP contribution in [0.25, 0.3) is 0 Å². The summed E-state index contributed by atoms with van der Waals surface area (Å²) in [6.07, 6.45) is 1.55. The second-order valence-electron chi connectivity index (χ2n) is 11.4. The molecule has 2 atom stereocenters. The minimum atomic E-state index is -1.14. The lowest BCUT2D eigenvalue weighted by atomic mass is 9.47. The molecular weight excluding hydrogens is 580 g/mol. The number of halogens is 1. The zero-order valence-corrected chi connectivity index (χ0v) is 24.2. The Balaban J connectivity index is 1.31. The molecule has 0 radical (unpaired) electrons. The summed E-state index contributed by atoms with van der Waals surface area (Å²) in [5.41, 5.74) is 6.84. The van der Waals surface area contributed by atoms with Gasteiger partial charge in [0.1, 0.15) is 0 Å². The van der Waals surface area contributed by atoms with Gasteiger partial charge in [0.25, 0.3) is 5.69 Å². The van der Waals surface area contributed by atoms with Crippen molar-refractivity contribution in [3.63, 3.8) is 0 Å². The first-order chi connectivity index (χ1) is 21.2. The van der Waals surface area contributed by atoms with Gasteiger partial charge in [-0.3, -0.25) is 24.5 Å². The number of nitro groups is 1. The molecule has 0 unspecified atom stereocenters. The van der Waals surface area contributed by atoms with E-state index in [1.807, 2.05) is 55.5 Å². The molecule has 9 nitrogen and oxygen atoms in total. The summed E-state index contributed by atoms with van der Waals surface area (Å²) >= 11 is 6.42. The van der Waals surface area contributed by atoms with Gasteiger partial charge in [-0.25, -0.2) is 10.3 Å². The van der Waals surface area contributed by atoms with Crippen LogP contribution in [0.5, 0.6) is 0 Å². The van der Waals surface area contributed by atoms with Gasteiger partial charge in [0.15, 0.2) is 0 Å². The number of rotatable bonds is 6. The van der Waals surface area contributed by atoms with E-state index >= 15 is 0 Å². The summed E-state index contributed by atoms with van der Waals surface area (Å²) in [4.78, 5) is 53.3. The average Bonchev–Trinajstić information content (AvgIpc) is 3.29. The van der Waals surface area contributed by atoms with Crippen LogP contribution in [0, 0.1) is 28.9 Å². The van der Waals surface area contributed by atoms with Gasteiger partial charge in [0, 0.05) is 29.3 Å². The molecule has 4 aromatic rings. The summed E-state index contributed by atoms with van der Waals surface area (Å²) < 4.78 is 0. The predicted molar refractivity (Wildman–Crippen MR) is 165 cm³/mol. The van der Waals surface area contributed by atoms with Gasteiger partial charge in [-0.05, 0) is 52.4 Å². The first-order valence-electron chi connectivity index (χ1n) is 14.1. The van der Waals surface area contributed by atoms with Crippen molar-refractivity contribution in [3.8, 4) is 0 Å². The van der Waals surface area contributed by atoms with E-state index in [4.69, 9.17) is 11.6 Å². The number of aryl methyl sites for hydroxylation is 1. The van der Waals surface area contributed by atoms with Crippen molar-refractivity contribution in [1.29, 1.82) is 0 Å². The van der Waals surface area contributed by atoms with Crippen molar-refractivity contribution in [1.82, 2.24) is 5.43 Å². The van der Waals surface area contributed by atoms with Gasteiger partial charge in [-0.15, -0.1) is 0 Å². The number of nitro benzene ring substituents is 1. The largest absolute Gasteiger partial charge is 0.274 e. The molecule has 0 saturated carbocycles. The van der Waals surface area contributed by atoms with Crippen LogP contribution in [0.2, 0.25) is 5.02 Å². The fraction of sp³-hybridized carbons (Fsp3) is 0.176. The molecular formula is C34H25ClN4O5. The maximum absolute atomic E-state index is 14.4. The van der Waals surface area contributed by atoms with Crippen molar-refractivity contribution in [2.45, 2.75) is 24.7 Å². The lowest BCUT2D eigenvalue weighted by molar-refractivity contribution is -0.384. The van der Waals surface area contributed by atoms with Crippen LogP contribution in [0.3, 0.4) is 0 Å². The molecule has 0 aromatic heterocycles. The topological polar surface area (TPSA) is 122 Å². The van der Waals surface area contributed by atoms with Gasteiger partial charge >= 0.3 is 0 Å². The Bertz CT molecular complexity index is 1870. The predicted octanol–water partition coefficient (Wildman–Crippen LogP) is 5.45. The Morgan fingerprint density at radius 2 is 1.61 bits per heavy atom. The number of amides is 3. The fourth-order valence-electron chi connectivity index (χ4n) is 7.19. The van der Waals surface area contributed by atoms with Crippen LogP contribution in [-0.2, 0) is 26.2 Å². The highest BCUT2D eigenvalue weighted by Gasteiger charge is 2.68. The van der Waals surface area contributed by atoms with Crippen LogP contribution in [0.1, 0.15) is 39.3 Å². The second-order valence-corrected chi connectivity index (χ2v) is 11.8. The number of carbonyl (C=O) groups excluding carboxylic acids is 3. The number of non-ortho nitro benzene ring substituents is 1. The number of anilines is 1. The molecule has 218 valence electrons. The summed E-state index contributed by atoms with van der Waals surface area (Å²) in [6, 6.07) is 26.4.